The summed E-state index contributed by atoms with van der Waals surface area (Å²) in [7, 11) is 0. The Bertz CT molecular complexity index is 1210. The number of oxazole rings is 1. The van der Waals surface area contributed by atoms with Crippen LogP contribution in [-0.4, -0.2) is 17.0 Å². The second-order valence-corrected chi connectivity index (χ2v) is 7.67. The fraction of sp³-hybridized carbons (Fsp3) is 0.200. The van der Waals surface area contributed by atoms with Crippen LogP contribution < -0.4 is 10.1 Å². The van der Waals surface area contributed by atoms with E-state index in [0.717, 1.165) is 16.9 Å². The van der Waals surface area contributed by atoms with Crippen molar-refractivity contribution in [1.82, 2.24) is 4.98 Å². The van der Waals surface area contributed by atoms with Crippen molar-refractivity contribution in [2.75, 3.05) is 5.32 Å². The van der Waals surface area contributed by atoms with Crippen molar-refractivity contribution in [3.63, 3.8) is 0 Å². The summed E-state index contributed by atoms with van der Waals surface area (Å²) in [6.45, 7) is 8.03. The average molecular weight is 400 g/mol. The highest BCUT2D eigenvalue weighted by Gasteiger charge is 2.13. The van der Waals surface area contributed by atoms with Crippen molar-refractivity contribution in [2.45, 2.75) is 33.8 Å². The Kier molecular flexibility index (Phi) is 5.27. The molecular weight excluding hydrogens is 376 g/mol. The number of fused-ring (bicyclic) bond motifs is 1. The molecule has 0 unspecified atom stereocenters. The summed E-state index contributed by atoms with van der Waals surface area (Å²) < 4.78 is 11.5. The molecule has 0 aliphatic heterocycles. The van der Waals surface area contributed by atoms with E-state index in [1.807, 2.05) is 51.1 Å². The topological polar surface area (TPSA) is 64.4 Å². The molecule has 0 spiro atoms. The van der Waals surface area contributed by atoms with Gasteiger partial charge in [0.1, 0.15) is 11.3 Å². The van der Waals surface area contributed by atoms with Gasteiger partial charge in [0.05, 0.1) is 6.10 Å². The van der Waals surface area contributed by atoms with Crippen molar-refractivity contribution < 1.29 is 13.9 Å². The number of carbonyl (C=O) groups is 1. The molecule has 0 fully saturated rings. The molecule has 0 aliphatic carbocycles. The van der Waals surface area contributed by atoms with Crippen LogP contribution in [0.3, 0.4) is 0 Å². The molecule has 0 bridgehead atoms. The van der Waals surface area contributed by atoms with Gasteiger partial charge in [-0.3, -0.25) is 4.79 Å². The van der Waals surface area contributed by atoms with Crippen LogP contribution in [0.15, 0.2) is 65.1 Å². The lowest BCUT2D eigenvalue weighted by Gasteiger charge is -2.10. The zero-order chi connectivity index (χ0) is 21.3. The minimum absolute atomic E-state index is 0.0902. The molecule has 1 aromatic heterocycles. The van der Waals surface area contributed by atoms with Gasteiger partial charge in [0.2, 0.25) is 5.89 Å². The lowest BCUT2D eigenvalue weighted by molar-refractivity contribution is 0.102. The van der Waals surface area contributed by atoms with Crippen molar-refractivity contribution in [1.29, 1.82) is 0 Å². The predicted octanol–water partition coefficient (Wildman–Crippen LogP) is 6.15. The Morgan fingerprint density at radius 3 is 2.47 bits per heavy atom. The first kappa shape index (κ1) is 19.7. The predicted molar refractivity (Wildman–Crippen MR) is 119 cm³/mol. The number of amides is 1. The molecule has 0 radical (unpaired) electrons. The molecule has 152 valence electrons. The number of aryl methyl sites for hydroxylation is 2. The fourth-order valence-electron chi connectivity index (χ4n) is 3.33. The first-order valence-electron chi connectivity index (χ1n) is 9.95. The number of nitrogens with one attached hydrogen (secondary N) is 1. The summed E-state index contributed by atoms with van der Waals surface area (Å²) >= 11 is 0. The third kappa shape index (κ3) is 4.20. The number of benzene rings is 3. The molecule has 30 heavy (non-hydrogen) atoms. The number of hydrogen-bond donors (Lipinski definition) is 1. The van der Waals surface area contributed by atoms with E-state index in [0.29, 0.717) is 28.2 Å². The van der Waals surface area contributed by atoms with E-state index in [-0.39, 0.29) is 12.0 Å². The first-order chi connectivity index (χ1) is 14.4. The standard InChI is InChI=1S/C25H24N2O3/c1-15(2)29-20-9-6-18(7-10-20)24(28)26-19-8-12-23-22(14-19)27-25(30-23)21-11-5-16(3)13-17(21)4/h5-15H,1-4H3,(H,26,28). The van der Waals surface area contributed by atoms with Gasteiger partial charge in [-0.25, -0.2) is 4.98 Å². The second kappa shape index (κ2) is 8.03. The van der Waals surface area contributed by atoms with Gasteiger partial charge in [-0.05, 0) is 81.8 Å². The maximum Gasteiger partial charge on any atom is 0.255 e. The molecule has 0 atom stereocenters. The van der Waals surface area contributed by atoms with Crippen molar-refractivity contribution in [3.05, 3.63) is 77.4 Å². The van der Waals surface area contributed by atoms with Crippen LogP contribution in [0.4, 0.5) is 5.69 Å². The summed E-state index contributed by atoms with van der Waals surface area (Å²) in [6.07, 6.45) is 0.0902. The zero-order valence-corrected chi connectivity index (χ0v) is 17.5. The Morgan fingerprint density at radius 1 is 1.00 bits per heavy atom. The van der Waals surface area contributed by atoms with Gasteiger partial charge in [0, 0.05) is 16.8 Å². The van der Waals surface area contributed by atoms with Crippen LogP contribution in [0, 0.1) is 13.8 Å². The van der Waals surface area contributed by atoms with Gasteiger partial charge in [-0.2, -0.15) is 0 Å². The first-order valence-corrected chi connectivity index (χ1v) is 9.95. The molecule has 1 amide bonds. The van der Waals surface area contributed by atoms with Gasteiger partial charge in [-0.1, -0.05) is 17.7 Å². The summed E-state index contributed by atoms with van der Waals surface area (Å²) in [6, 6.07) is 18.7. The van der Waals surface area contributed by atoms with Crippen LogP contribution in [0.5, 0.6) is 5.75 Å². The number of rotatable bonds is 5. The Morgan fingerprint density at radius 2 is 1.77 bits per heavy atom. The van der Waals surface area contributed by atoms with Gasteiger partial charge in [0.15, 0.2) is 5.58 Å². The van der Waals surface area contributed by atoms with Crippen LogP contribution >= 0.6 is 0 Å². The third-order valence-electron chi connectivity index (χ3n) is 4.75. The van der Waals surface area contributed by atoms with Gasteiger partial charge < -0.3 is 14.5 Å². The second-order valence-electron chi connectivity index (χ2n) is 7.67. The smallest absolute Gasteiger partial charge is 0.255 e. The molecule has 5 nitrogen and oxygen atoms in total. The molecular formula is C25H24N2O3. The molecule has 0 aliphatic rings. The monoisotopic (exact) mass is 400 g/mol. The molecule has 3 aromatic carbocycles. The van der Waals surface area contributed by atoms with E-state index in [2.05, 4.69) is 23.3 Å². The third-order valence-corrected chi connectivity index (χ3v) is 4.75. The fourth-order valence-corrected chi connectivity index (χ4v) is 3.33. The van der Waals surface area contributed by atoms with E-state index < -0.39 is 0 Å². The molecule has 0 saturated heterocycles. The number of nitrogens with zero attached hydrogens (tertiary/aromatic N) is 1. The van der Waals surface area contributed by atoms with Crippen molar-refractivity contribution in [2.24, 2.45) is 0 Å². The van der Waals surface area contributed by atoms with Gasteiger partial charge in [-0.15, -0.1) is 0 Å². The van der Waals surface area contributed by atoms with E-state index >= 15 is 0 Å². The molecule has 4 aromatic rings. The highest BCUT2D eigenvalue weighted by atomic mass is 16.5. The average Bonchev–Trinajstić information content (AvgIpc) is 3.11. The molecule has 0 saturated carbocycles. The SMILES string of the molecule is Cc1ccc(-c2nc3cc(NC(=O)c4ccc(OC(C)C)cc4)ccc3o2)c(C)c1. The summed E-state index contributed by atoms with van der Waals surface area (Å²) in [5, 5.41) is 2.92. The molecule has 4 rings (SSSR count). The summed E-state index contributed by atoms with van der Waals surface area (Å²) in [4.78, 5) is 17.2. The Balaban J connectivity index is 1.54. The van der Waals surface area contributed by atoms with Gasteiger partial charge >= 0.3 is 0 Å². The lowest BCUT2D eigenvalue weighted by Crippen LogP contribution is -2.12. The van der Waals surface area contributed by atoms with E-state index in [1.54, 1.807) is 24.3 Å². The minimum Gasteiger partial charge on any atom is -0.491 e. The zero-order valence-electron chi connectivity index (χ0n) is 17.5. The highest BCUT2D eigenvalue weighted by molar-refractivity contribution is 6.05. The number of hydrogen-bond acceptors (Lipinski definition) is 4. The van der Waals surface area contributed by atoms with Crippen LogP contribution in [0.1, 0.15) is 35.3 Å². The number of aromatic nitrogens is 1. The molecule has 5 heteroatoms. The van der Waals surface area contributed by atoms with E-state index in [9.17, 15) is 4.79 Å². The Labute approximate surface area is 175 Å². The number of ether oxygens (including phenoxy) is 1. The Hall–Kier alpha value is -3.60. The minimum atomic E-state index is -0.191. The van der Waals surface area contributed by atoms with E-state index in [1.165, 1.54) is 5.56 Å². The largest absolute Gasteiger partial charge is 0.491 e. The molecule has 1 N–H and O–H groups in total. The van der Waals surface area contributed by atoms with Crippen molar-refractivity contribution >= 4 is 22.7 Å². The maximum atomic E-state index is 12.6. The lowest BCUT2D eigenvalue weighted by atomic mass is 10.1. The summed E-state index contributed by atoms with van der Waals surface area (Å²) in [5.41, 5.74) is 5.87. The normalized spacial score (nSPS) is 11.1. The summed E-state index contributed by atoms with van der Waals surface area (Å²) in [5.74, 6) is 1.12. The molecule has 1 heterocycles. The van der Waals surface area contributed by atoms with Crippen LogP contribution in [0.2, 0.25) is 0 Å². The highest BCUT2D eigenvalue weighted by Crippen LogP contribution is 2.29. The van der Waals surface area contributed by atoms with E-state index in [4.69, 9.17) is 9.15 Å². The van der Waals surface area contributed by atoms with Gasteiger partial charge in [0.25, 0.3) is 5.91 Å². The number of anilines is 1. The number of carbonyl (C=O) groups excluding carboxylic acids is 1. The van der Waals surface area contributed by atoms with Crippen LogP contribution in [-0.2, 0) is 0 Å². The quantitative estimate of drug-likeness (QED) is 0.436. The van der Waals surface area contributed by atoms with Crippen LogP contribution in [0.25, 0.3) is 22.6 Å². The maximum absolute atomic E-state index is 12.6. The van der Waals surface area contributed by atoms with Crippen molar-refractivity contribution in [3.8, 4) is 17.2 Å².